The molecule has 0 bridgehead atoms. The van der Waals surface area contributed by atoms with Crippen molar-refractivity contribution in [2.45, 2.75) is 46.5 Å². The normalized spacial score (nSPS) is 12.4. The topological polar surface area (TPSA) is 46.5 Å². The lowest BCUT2D eigenvalue weighted by atomic mass is 9.98. The molecule has 0 amide bonds. The molecule has 0 saturated heterocycles. The molecule has 0 fully saturated rings. The first-order valence-electron chi connectivity index (χ1n) is 7.45. The Morgan fingerprint density at radius 1 is 1.20 bits per heavy atom. The molecule has 3 nitrogen and oxygen atoms in total. The van der Waals surface area contributed by atoms with Gasteiger partial charge in [0.05, 0.1) is 12.2 Å². The van der Waals surface area contributed by atoms with E-state index in [2.05, 4.69) is 20.8 Å². The van der Waals surface area contributed by atoms with Crippen LogP contribution in [-0.4, -0.2) is 17.7 Å². The van der Waals surface area contributed by atoms with Crippen molar-refractivity contribution in [1.82, 2.24) is 0 Å². The van der Waals surface area contributed by atoms with E-state index < -0.39 is 5.97 Å². The number of carboxylic acids is 1. The van der Waals surface area contributed by atoms with Crippen molar-refractivity contribution in [3.63, 3.8) is 0 Å². The van der Waals surface area contributed by atoms with Gasteiger partial charge in [0.25, 0.3) is 0 Å². The lowest BCUT2D eigenvalue weighted by Crippen LogP contribution is -2.05. The maximum Gasteiger partial charge on any atom is 0.335 e. The Morgan fingerprint density at radius 2 is 1.95 bits per heavy atom. The summed E-state index contributed by atoms with van der Waals surface area (Å²) in [5, 5.41) is 8.91. The first-order valence-corrected chi connectivity index (χ1v) is 7.45. The molecule has 0 aliphatic carbocycles. The summed E-state index contributed by atoms with van der Waals surface area (Å²) in [7, 11) is 0. The average Bonchev–Trinajstić information content (AvgIpc) is 2.38. The standard InChI is InChI=1S/C17H26O3/c1-13(2)6-4-7-14(3)10-11-20-16-9-5-8-15(12-16)17(18)19/h5,8-9,12-14H,4,6-7,10-11H2,1-3H3,(H,18,19)/t14-/m0/s1. The maximum absolute atomic E-state index is 10.9. The van der Waals surface area contributed by atoms with Crippen molar-refractivity contribution in [2.24, 2.45) is 11.8 Å². The van der Waals surface area contributed by atoms with E-state index in [0.29, 0.717) is 18.3 Å². The van der Waals surface area contributed by atoms with Gasteiger partial charge in [0.1, 0.15) is 5.75 Å². The molecule has 0 radical (unpaired) electrons. The van der Waals surface area contributed by atoms with Crippen LogP contribution in [-0.2, 0) is 0 Å². The van der Waals surface area contributed by atoms with Crippen molar-refractivity contribution in [3.8, 4) is 5.75 Å². The zero-order valence-corrected chi connectivity index (χ0v) is 12.8. The Kier molecular flexibility index (Phi) is 7.13. The van der Waals surface area contributed by atoms with Crippen LogP contribution < -0.4 is 4.74 Å². The van der Waals surface area contributed by atoms with E-state index in [1.165, 1.54) is 19.3 Å². The van der Waals surface area contributed by atoms with Crippen LogP contribution in [0.1, 0.15) is 56.8 Å². The van der Waals surface area contributed by atoms with Gasteiger partial charge in [-0.25, -0.2) is 4.79 Å². The van der Waals surface area contributed by atoms with Crippen LogP contribution in [0.25, 0.3) is 0 Å². The molecule has 20 heavy (non-hydrogen) atoms. The second-order valence-electron chi connectivity index (χ2n) is 5.90. The number of hydrogen-bond acceptors (Lipinski definition) is 2. The summed E-state index contributed by atoms with van der Waals surface area (Å²) >= 11 is 0. The second kappa shape index (κ2) is 8.62. The molecule has 3 heteroatoms. The summed E-state index contributed by atoms with van der Waals surface area (Å²) in [4.78, 5) is 10.9. The molecule has 1 rings (SSSR count). The molecule has 0 unspecified atom stereocenters. The lowest BCUT2D eigenvalue weighted by molar-refractivity contribution is 0.0696. The van der Waals surface area contributed by atoms with Crippen LogP contribution in [0.5, 0.6) is 5.75 Å². The predicted octanol–water partition coefficient (Wildman–Crippen LogP) is 4.62. The van der Waals surface area contributed by atoms with Gasteiger partial charge < -0.3 is 9.84 Å². The molecule has 0 aromatic heterocycles. The summed E-state index contributed by atoms with van der Waals surface area (Å²) in [6.07, 6.45) is 4.80. The largest absolute Gasteiger partial charge is 0.494 e. The summed E-state index contributed by atoms with van der Waals surface area (Å²) in [5.74, 6) is 1.14. The van der Waals surface area contributed by atoms with E-state index in [1.54, 1.807) is 24.3 Å². The minimum Gasteiger partial charge on any atom is -0.494 e. The fraction of sp³-hybridized carbons (Fsp3) is 0.588. The quantitative estimate of drug-likeness (QED) is 0.717. The Labute approximate surface area is 122 Å². The Morgan fingerprint density at radius 3 is 2.60 bits per heavy atom. The molecule has 0 saturated carbocycles. The number of carbonyl (C=O) groups is 1. The van der Waals surface area contributed by atoms with E-state index in [0.717, 1.165) is 12.3 Å². The highest BCUT2D eigenvalue weighted by molar-refractivity contribution is 5.87. The van der Waals surface area contributed by atoms with E-state index >= 15 is 0 Å². The number of benzene rings is 1. The molecule has 0 heterocycles. The molecule has 1 aromatic rings. The van der Waals surface area contributed by atoms with E-state index in [9.17, 15) is 4.79 Å². The van der Waals surface area contributed by atoms with Crippen LogP contribution in [0.4, 0.5) is 0 Å². The van der Waals surface area contributed by atoms with E-state index in [4.69, 9.17) is 9.84 Å². The predicted molar refractivity (Wildman–Crippen MR) is 81.4 cm³/mol. The fourth-order valence-electron chi connectivity index (χ4n) is 2.12. The summed E-state index contributed by atoms with van der Waals surface area (Å²) in [6, 6.07) is 6.66. The van der Waals surface area contributed by atoms with Gasteiger partial charge >= 0.3 is 5.97 Å². The SMILES string of the molecule is CC(C)CCC[C@H](C)CCOc1cccc(C(=O)O)c1. The Balaban J connectivity index is 2.26. The average molecular weight is 278 g/mol. The maximum atomic E-state index is 10.9. The van der Waals surface area contributed by atoms with Gasteiger partial charge in [0.15, 0.2) is 0 Å². The molecule has 0 aliphatic heterocycles. The van der Waals surface area contributed by atoms with Gasteiger partial charge in [-0.3, -0.25) is 0 Å². The minimum atomic E-state index is -0.919. The highest BCUT2D eigenvalue weighted by Gasteiger charge is 2.06. The van der Waals surface area contributed by atoms with Crippen LogP contribution in [0.2, 0.25) is 0 Å². The number of ether oxygens (including phenoxy) is 1. The first kappa shape index (κ1) is 16.5. The number of aromatic carboxylic acids is 1. The molecule has 1 aromatic carbocycles. The lowest BCUT2D eigenvalue weighted by Gasteiger charge is -2.13. The van der Waals surface area contributed by atoms with Crippen molar-refractivity contribution in [2.75, 3.05) is 6.61 Å². The third-order valence-corrected chi connectivity index (χ3v) is 3.44. The smallest absolute Gasteiger partial charge is 0.335 e. The van der Waals surface area contributed by atoms with Crippen LogP contribution >= 0.6 is 0 Å². The molecular weight excluding hydrogens is 252 g/mol. The van der Waals surface area contributed by atoms with Crippen molar-refractivity contribution < 1.29 is 14.6 Å². The van der Waals surface area contributed by atoms with Gasteiger partial charge in [0.2, 0.25) is 0 Å². The number of rotatable bonds is 9. The third-order valence-electron chi connectivity index (χ3n) is 3.44. The molecule has 1 atom stereocenters. The van der Waals surface area contributed by atoms with Crippen molar-refractivity contribution >= 4 is 5.97 Å². The number of hydrogen-bond donors (Lipinski definition) is 1. The molecule has 0 aliphatic rings. The molecule has 112 valence electrons. The number of carboxylic acid groups (broad SMARTS) is 1. The van der Waals surface area contributed by atoms with Gasteiger partial charge in [-0.1, -0.05) is 46.1 Å². The summed E-state index contributed by atoms with van der Waals surface area (Å²) in [5.41, 5.74) is 0.271. The zero-order valence-electron chi connectivity index (χ0n) is 12.8. The molecular formula is C17H26O3. The van der Waals surface area contributed by atoms with E-state index in [-0.39, 0.29) is 5.56 Å². The fourth-order valence-corrected chi connectivity index (χ4v) is 2.12. The van der Waals surface area contributed by atoms with Crippen molar-refractivity contribution in [3.05, 3.63) is 29.8 Å². The highest BCUT2D eigenvalue weighted by Crippen LogP contribution is 2.17. The highest BCUT2D eigenvalue weighted by atomic mass is 16.5. The molecule has 0 spiro atoms. The second-order valence-corrected chi connectivity index (χ2v) is 5.90. The third kappa shape index (κ3) is 6.60. The van der Waals surface area contributed by atoms with Gasteiger partial charge in [-0.2, -0.15) is 0 Å². The van der Waals surface area contributed by atoms with Gasteiger partial charge in [-0.05, 0) is 36.5 Å². The van der Waals surface area contributed by atoms with Crippen LogP contribution in [0.15, 0.2) is 24.3 Å². The van der Waals surface area contributed by atoms with Crippen molar-refractivity contribution in [1.29, 1.82) is 0 Å². The van der Waals surface area contributed by atoms with Crippen LogP contribution in [0.3, 0.4) is 0 Å². The van der Waals surface area contributed by atoms with Gasteiger partial charge in [0, 0.05) is 0 Å². The minimum absolute atomic E-state index is 0.271. The zero-order chi connectivity index (χ0) is 15.0. The summed E-state index contributed by atoms with van der Waals surface area (Å²) in [6.45, 7) is 7.40. The van der Waals surface area contributed by atoms with Crippen LogP contribution in [0, 0.1) is 11.8 Å². The Hall–Kier alpha value is -1.51. The molecule has 1 N–H and O–H groups in total. The van der Waals surface area contributed by atoms with Gasteiger partial charge in [-0.15, -0.1) is 0 Å². The Bertz CT molecular complexity index is 412. The summed E-state index contributed by atoms with van der Waals surface area (Å²) < 4.78 is 5.63. The first-order chi connectivity index (χ1) is 9.49. The van der Waals surface area contributed by atoms with E-state index in [1.807, 2.05) is 0 Å². The monoisotopic (exact) mass is 278 g/mol.